The first-order valence-corrected chi connectivity index (χ1v) is 3.35. The Balaban J connectivity index is 2.47. The normalized spacial score (nSPS) is 30.1. The summed E-state index contributed by atoms with van der Waals surface area (Å²) in [6.07, 6.45) is -0.304. The summed E-state index contributed by atoms with van der Waals surface area (Å²) < 4.78 is 4.43. The second kappa shape index (κ2) is 3.06. The van der Waals surface area contributed by atoms with E-state index >= 15 is 0 Å². The van der Waals surface area contributed by atoms with Crippen LogP contribution in [0.25, 0.3) is 0 Å². The van der Waals surface area contributed by atoms with Crippen LogP contribution in [0.2, 0.25) is 0 Å². The van der Waals surface area contributed by atoms with Crippen LogP contribution in [0.15, 0.2) is 0 Å². The van der Waals surface area contributed by atoms with Gasteiger partial charge in [0.05, 0.1) is 6.42 Å². The topological polar surface area (TPSA) is 75.6 Å². The molecule has 11 heavy (non-hydrogen) atoms. The molecule has 1 aliphatic rings. The Morgan fingerprint density at radius 3 is 2.82 bits per heavy atom. The molecule has 5 nitrogen and oxygen atoms in total. The molecular weight excluding hydrogens is 174 g/mol. The summed E-state index contributed by atoms with van der Waals surface area (Å²) in [7, 11) is 0. The number of carboxylic acids is 1. The highest BCUT2D eigenvalue weighted by Gasteiger charge is 2.33. The third kappa shape index (κ3) is 2.06. The van der Waals surface area contributed by atoms with Crippen molar-refractivity contribution in [1.82, 2.24) is 5.32 Å². The fourth-order valence-corrected chi connectivity index (χ4v) is 1.00. The monoisotopic (exact) mass is 179 g/mol. The van der Waals surface area contributed by atoms with Gasteiger partial charge in [-0.15, -0.1) is 0 Å². The maximum absolute atomic E-state index is 10.7. The van der Waals surface area contributed by atoms with Crippen molar-refractivity contribution in [2.24, 2.45) is 0 Å². The Hall–Kier alpha value is -0.810. The third-order valence-electron chi connectivity index (χ3n) is 1.22. The fourth-order valence-electron chi connectivity index (χ4n) is 0.761. The fraction of sp³-hybridized carbons (Fsp3) is 0.600. The Kier molecular flexibility index (Phi) is 2.31. The van der Waals surface area contributed by atoms with Crippen molar-refractivity contribution >= 4 is 23.5 Å². The van der Waals surface area contributed by atoms with E-state index in [1.807, 2.05) is 0 Å². The van der Waals surface area contributed by atoms with E-state index in [0.717, 1.165) is 0 Å². The lowest BCUT2D eigenvalue weighted by atomic mass is 10.2. The number of esters is 1. The molecule has 0 unspecified atom stereocenters. The number of ether oxygens (including phenoxy) is 1. The van der Waals surface area contributed by atoms with Gasteiger partial charge in [0, 0.05) is 0 Å². The largest absolute Gasteiger partial charge is 0.481 e. The van der Waals surface area contributed by atoms with Crippen molar-refractivity contribution in [3.05, 3.63) is 0 Å². The molecule has 0 aromatic heterocycles. The van der Waals surface area contributed by atoms with Gasteiger partial charge in [-0.3, -0.25) is 14.9 Å². The van der Waals surface area contributed by atoms with Crippen molar-refractivity contribution in [2.75, 3.05) is 0 Å². The lowest BCUT2D eigenvalue weighted by molar-refractivity contribution is -0.144. The molecule has 1 rings (SSSR count). The first-order valence-electron chi connectivity index (χ1n) is 2.92. The average Bonchev–Trinajstić information content (AvgIpc) is 2.09. The van der Waals surface area contributed by atoms with Crippen molar-refractivity contribution in [2.45, 2.75) is 18.1 Å². The van der Waals surface area contributed by atoms with E-state index in [2.05, 4.69) is 10.1 Å². The maximum Gasteiger partial charge on any atom is 0.326 e. The van der Waals surface area contributed by atoms with E-state index in [1.165, 1.54) is 0 Å². The summed E-state index contributed by atoms with van der Waals surface area (Å²) in [6.45, 7) is 0. The summed E-state index contributed by atoms with van der Waals surface area (Å²) in [5, 5.41) is 10.7. The van der Waals surface area contributed by atoms with Crippen LogP contribution in [-0.4, -0.2) is 28.8 Å². The number of carboxylic acid groups (broad SMARTS) is 1. The van der Waals surface area contributed by atoms with Crippen molar-refractivity contribution in [3.8, 4) is 0 Å². The minimum absolute atomic E-state index is 0.304. The molecule has 0 aromatic rings. The Morgan fingerprint density at radius 1 is 1.82 bits per heavy atom. The van der Waals surface area contributed by atoms with Crippen LogP contribution >= 0.6 is 11.6 Å². The Morgan fingerprint density at radius 2 is 2.45 bits per heavy atom. The molecule has 1 saturated heterocycles. The molecule has 0 aliphatic carbocycles. The molecule has 2 atom stereocenters. The van der Waals surface area contributed by atoms with Gasteiger partial charge in [0.2, 0.25) is 5.69 Å². The smallest absolute Gasteiger partial charge is 0.326 e. The molecule has 0 saturated carbocycles. The Labute approximate surface area is 67.3 Å². The van der Waals surface area contributed by atoms with Gasteiger partial charge in [-0.25, -0.2) is 0 Å². The van der Waals surface area contributed by atoms with E-state index in [1.54, 1.807) is 0 Å². The molecule has 0 amide bonds. The zero-order valence-corrected chi connectivity index (χ0v) is 6.17. The lowest BCUT2D eigenvalue weighted by Gasteiger charge is -1.99. The van der Waals surface area contributed by atoms with Gasteiger partial charge in [-0.05, 0) is 0 Å². The number of cyclic esters (lactones) is 1. The van der Waals surface area contributed by atoms with Crippen molar-refractivity contribution in [1.29, 1.82) is 0 Å². The highest BCUT2D eigenvalue weighted by Crippen LogP contribution is 2.10. The Bertz CT molecular complexity index is 195. The van der Waals surface area contributed by atoms with Gasteiger partial charge in [0.15, 0.2) is 0 Å². The number of carbonyl (C=O) groups is 2. The van der Waals surface area contributed by atoms with Crippen LogP contribution < -0.4 is 5.32 Å². The van der Waals surface area contributed by atoms with Gasteiger partial charge in [0.1, 0.15) is 6.04 Å². The second-order valence-corrected chi connectivity index (χ2v) is 2.47. The van der Waals surface area contributed by atoms with Crippen LogP contribution in [0.4, 0.5) is 0 Å². The third-order valence-corrected chi connectivity index (χ3v) is 1.43. The number of hydrogen-bond acceptors (Lipinski definition) is 4. The van der Waals surface area contributed by atoms with E-state index < -0.39 is 23.7 Å². The van der Waals surface area contributed by atoms with Gasteiger partial charge in [0.25, 0.3) is 0 Å². The van der Waals surface area contributed by atoms with Gasteiger partial charge < -0.3 is 9.84 Å². The summed E-state index contributed by atoms with van der Waals surface area (Å²) >= 11 is 5.34. The quantitative estimate of drug-likeness (QED) is 0.340. The molecule has 6 heteroatoms. The minimum Gasteiger partial charge on any atom is -0.481 e. The summed E-state index contributed by atoms with van der Waals surface area (Å²) in [6, 6.07) is -0.810. The van der Waals surface area contributed by atoms with E-state index in [9.17, 15) is 9.59 Å². The number of alkyl halides is 1. The van der Waals surface area contributed by atoms with Crippen molar-refractivity contribution < 1.29 is 19.4 Å². The molecule has 0 radical (unpaired) electrons. The number of rotatable bonds is 2. The van der Waals surface area contributed by atoms with Gasteiger partial charge in [-0.2, -0.15) is 0 Å². The van der Waals surface area contributed by atoms with Crippen LogP contribution in [0.3, 0.4) is 0 Å². The summed E-state index contributed by atoms with van der Waals surface area (Å²) in [5.74, 6) is -1.68. The molecule has 1 aliphatic heterocycles. The van der Waals surface area contributed by atoms with E-state index in [-0.39, 0.29) is 6.42 Å². The second-order valence-electron chi connectivity index (χ2n) is 2.07. The maximum atomic E-state index is 10.7. The zero-order chi connectivity index (χ0) is 8.43. The molecule has 62 valence electrons. The predicted molar refractivity (Wildman–Crippen MR) is 34.9 cm³/mol. The molecule has 1 fully saturated rings. The highest BCUT2D eigenvalue weighted by atomic mass is 35.5. The number of nitrogens with one attached hydrogen (secondary N) is 1. The average molecular weight is 180 g/mol. The number of carbonyl (C=O) groups excluding carboxylic acids is 1. The number of halogens is 1. The van der Waals surface area contributed by atoms with Crippen molar-refractivity contribution in [3.63, 3.8) is 0 Å². The first-order chi connectivity index (χ1) is 5.09. The predicted octanol–water partition coefficient (Wildman–Crippen LogP) is -0.502. The molecule has 0 aromatic carbocycles. The van der Waals surface area contributed by atoms with E-state index in [0.29, 0.717) is 0 Å². The molecule has 0 bridgehead atoms. The first kappa shape index (κ1) is 8.29. The molecular formula is C5H6ClNO4. The lowest BCUT2D eigenvalue weighted by Crippen LogP contribution is -2.31. The standard InChI is InChI=1S/C5H6ClNO4/c6-5-7-2(1-3(8)9)4(10)11-5/h2,5,7H,1H2,(H,8,9)/t2-,5+/m0/s1. The van der Waals surface area contributed by atoms with Crippen LogP contribution in [0.5, 0.6) is 0 Å². The van der Waals surface area contributed by atoms with E-state index in [4.69, 9.17) is 16.7 Å². The summed E-state index contributed by atoms with van der Waals surface area (Å²) in [4.78, 5) is 20.8. The molecule has 2 N–H and O–H groups in total. The molecule has 1 heterocycles. The SMILES string of the molecule is O=C(O)C[C@@H]1N[C@@H](Cl)OC1=O. The van der Waals surface area contributed by atoms with Gasteiger partial charge in [-0.1, -0.05) is 11.6 Å². The molecule has 0 spiro atoms. The van der Waals surface area contributed by atoms with Crippen LogP contribution in [-0.2, 0) is 14.3 Å². The minimum atomic E-state index is -1.06. The number of hydrogen-bond donors (Lipinski definition) is 2. The van der Waals surface area contributed by atoms with Crippen LogP contribution in [0, 0.1) is 0 Å². The van der Waals surface area contributed by atoms with Crippen LogP contribution in [0.1, 0.15) is 6.42 Å². The summed E-state index contributed by atoms with van der Waals surface area (Å²) in [5.41, 5.74) is -0.896. The highest BCUT2D eigenvalue weighted by molar-refractivity contribution is 6.20. The number of aliphatic carboxylic acids is 1. The van der Waals surface area contributed by atoms with Gasteiger partial charge >= 0.3 is 11.9 Å². The zero-order valence-electron chi connectivity index (χ0n) is 5.41.